The second-order valence-corrected chi connectivity index (χ2v) is 7.91. The number of fused-ring (bicyclic) bond motifs is 1. The van der Waals surface area contributed by atoms with Crippen molar-refractivity contribution in [1.82, 2.24) is 15.6 Å². The lowest BCUT2D eigenvalue weighted by Crippen LogP contribution is -2.49. The van der Waals surface area contributed by atoms with Crippen LogP contribution in [0.3, 0.4) is 0 Å². The van der Waals surface area contributed by atoms with E-state index >= 15 is 0 Å². The zero-order chi connectivity index (χ0) is 18.5. The van der Waals surface area contributed by atoms with Gasteiger partial charge in [0.2, 0.25) is 0 Å². The zero-order valence-corrected chi connectivity index (χ0v) is 16.6. The van der Waals surface area contributed by atoms with Gasteiger partial charge in [-0.15, -0.1) is 11.3 Å². The van der Waals surface area contributed by atoms with Crippen molar-refractivity contribution in [2.75, 3.05) is 31.6 Å². The molecule has 0 atom stereocenters. The predicted molar refractivity (Wildman–Crippen MR) is 116 cm³/mol. The highest BCUT2D eigenvalue weighted by Gasteiger charge is 2.20. The van der Waals surface area contributed by atoms with Gasteiger partial charge in [-0.3, -0.25) is 4.99 Å². The molecule has 6 heteroatoms. The van der Waals surface area contributed by atoms with E-state index in [1.807, 2.05) is 18.4 Å². The van der Waals surface area contributed by atoms with Crippen molar-refractivity contribution in [3.05, 3.63) is 53.5 Å². The first-order valence-electron chi connectivity index (χ1n) is 9.64. The molecule has 1 fully saturated rings. The highest BCUT2D eigenvalue weighted by molar-refractivity contribution is 7.14. The Hall–Kier alpha value is -2.47. The molecule has 0 amide bonds. The summed E-state index contributed by atoms with van der Waals surface area (Å²) in [5, 5.41) is 11.9. The van der Waals surface area contributed by atoms with Gasteiger partial charge >= 0.3 is 0 Å². The maximum Gasteiger partial charge on any atom is 0.191 e. The summed E-state index contributed by atoms with van der Waals surface area (Å²) in [5.74, 6) is 0.903. The lowest BCUT2D eigenvalue weighted by molar-refractivity contribution is 0.463. The maximum absolute atomic E-state index is 4.40. The largest absolute Gasteiger partial charge is 0.363 e. The Morgan fingerprint density at radius 1 is 1.22 bits per heavy atom. The molecule has 3 heterocycles. The fraction of sp³-hybridized carbons (Fsp3) is 0.381. The van der Waals surface area contributed by atoms with Crippen LogP contribution in [0.4, 0.5) is 5.00 Å². The molecular formula is C21H27N5S. The molecule has 4 rings (SSSR count). The number of hydrogen-bond donors (Lipinski definition) is 3. The van der Waals surface area contributed by atoms with Crippen LogP contribution in [0.25, 0.3) is 10.9 Å². The first kappa shape index (κ1) is 17.9. The topological polar surface area (TPSA) is 55.5 Å². The van der Waals surface area contributed by atoms with E-state index in [2.05, 4.69) is 73.4 Å². The summed E-state index contributed by atoms with van der Waals surface area (Å²) in [4.78, 5) is 10.4. The van der Waals surface area contributed by atoms with Crippen molar-refractivity contribution in [3.8, 4) is 0 Å². The van der Waals surface area contributed by atoms with Gasteiger partial charge in [0.05, 0.1) is 5.00 Å². The second-order valence-electron chi connectivity index (χ2n) is 6.99. The highest BCUT2D eigenvalue weighted by atomic mass is 32.1. The number of nitrogens with zero attached hydrogens (tertiary/aromatic N) is 2. The van der Waals surface area contributed by atoms with Gasteiger partial charge in [0, 0.05) is 50.4 Å². The van der Waals surface area contributed by atoms with Gasteiger partial charge in [-0.05, 0) is 47.9 Å². The summed E-state index contributed by atoms with van der Waals surface area (Å²) in [6, 6.07) is 15.5. The third kappa shape index (κ3) is 4.45. The number of para-hydroxylation sites is 1. The average Bonchev–Trinajstić information content (AvgIpc) is 3.37. The number of aromatic amines is 1. The van der Waals surface area contributed by atoms with Crippen molar-refractivity contribution in [1.29, 1.82) is 0 Å². The first-order valence-corrected chi connectivity index (χ1v) is 10.5. The van der Waals surface area contributed by atoms with Crippen LogP contribution in [-0.2, 0) is 6.42 Å². The fourth-order valence-electron chi connectivity index (χ4n) is 3.67. The summed E-state index contributed by atoms with van der Waals surface area (Å²) < 4.78 is 0. The van der Waals surface area contributed by atoms with Crippen LogP contribution in [-0.4, -0.2) is 43.7 Å². The Bertz CT molecular complexity index is 842. The molecule has 27 heavy (non-hydrogen) atoms. The molecule has 0 bridgehead atoms. The van der Waals surface area contributed by atoms with Crippen LogP contribution in [0.15, 0.2) is 52.8 Å². The van der Waals surface area contributed by atoms with Crippen molar-refractivity contribution in [2.45, 2.75) is 25.3 Å². The number of H-pyrrole nitrogens is 1. The number of guanidine groups is 1. The average molecular weight is 382 g/mol. The Morgan fingerprint density at radius 3 is 2.81 bits per heavy atom. The summed E-state index contributed by atoms with van der Waals surface area (Å²) in [7, 11) is 1.85. The molecular weight excluding hydrogens is 354 g/mol. The van der Waals surface area contributed by atoms with E-state index in [0.717, 1.165) is 44.9 Å². The monoisotopic (exact) mass is 381 g/mol. The number of aliphatic imine (C=N–C) groups is 1. The van der Waals surface area contributed by atoms with Crippen LogP contribution in [0.1, 0.15) is 18.5 Å². The molecule has 1 aliphatic rings. The number of benzene rings is 1. The molecule has 5 nitrogen and oxygen atoms in total. The summed E-state index contributed by atoms with van der Waals surface area (Å²) in [5.41, 5.74) is 2.45. The number of hydrogen-bond acceptors (Lipinski definition) is 3. The number of piperidine rings is 1. The van der Waals surface area contributed by atoms with Gasteiger partial charge in [-0.2, -0.15) is 0 Å². The highest BCUT2D eigenvalue weighted by Crippen LogP contribution is 2.24. The quantitative estimate of drug-likeness (QED) is 0.467. The lowest BCUT2D eigenvalue weighted by atomic mass is 10.1. The van der Waals surface area contributed by atoms with Crippen molar-refractivity contribution in [3.63, 3.8) is 0 Å². The minimum absolute atomic E-state index is 0.487. The van der Waals surface area contributed by atoms with E-state index in [-0.39, 0.29) is 0 Å². The molecule has 142 valence electrons. The normalized spacial score (nSPS) is 16.0. The number of anilines is 1. The van der Waals surface area contributed by atoms with Crippen LogP contribution >= 0.6 is 11.3 Å². The van der Waals surface area contributed by atoms with Crippen molar-refractivity contribution >= 4 is 33.2 Å². The Morgan fingerprint density at radius 2 is 2.07 bits per heavy atom. The van der Waals surface area contributed by atoms with E-state index in [4.69, 9.17) is 0 Å². The third-order valence-corrected chi connectivity index (χ3v) is 6.08. The number of rotatable bonds is 5. The van der Waals surface area contributed by atoms with Crippen LogP contribution < -0.4 is 15.5 Å². The van der Waals surface area contributed by atoms with Crippen molar-refractivity contribution in [2.24, 2.45) is 4.99 Å². The van der Waals surface area contributed by atoms with Crippen LogP contribution in [0.2, 0.25) is 0 Å². The molecule has 1 aromatic carbocycles. The van der Waals surface area contributed by atoms with Gasteiger partial charge in [0.25, 0.3) is 0 Å². The first-order chi connectivity index (χ1) is 13.3. The molecule has 2 aromatic heterocycles. The molecule has 0 saturated carbocycles. The summed E-state index contributed by atoms with van der Waals surface area (Å²) >= 11 is 1.83. The number of thiophene rings is 1. The number of aromatic nitrogens is 1. The zero-order valence-electron chi connectivity index (χ0n) is 15.7. The van der Waals surface area contributed by atoms with E-state index < -0.39 is 0 Å². The fourth-order valence-corrected chi connectivity index (χ4v) is 4.45. The molecule has 1 aliphatic heterocycles. The van der Waals surface area contributed by atoms with Gasteiger partial charge in [-0.1, -0.05) is 18.2 Å². The lowest BCUT2D eigenvalue weighted by Gasteiger charge is -2.33. The Labute approximate surface area is 164 Å². The SMILES string of the molecule is CN=C(NCCc1cc2ccccc2[nH]1)NC1CCN(c2cccs2)CC1. The van der Waals surface area contributed by atoms with Gasteiger partial charge in [-0.25, -0.2) is 0 Å². The Kier molecular flexibility index (Phi) is 5.63. The van der Waals surface area contributed by atoms with E-state index in [1.54, 1.807) is 0 Å². The second kappa shape index (κ2) is 8.48. The third-order valence-electron chi connectivity index (χ3n) is 5.15. The minimum Gasteiger partial charge on any atom is -0.363 e. The molecule has 0 radical (unpaired) electrons. The summed E-state index contributed by atoms with van der Waals surface area (Å²) in [6.07, 6.45) is 3.23. The molecule has 3 aromatic rings. The van der Waals surface area contributed by atoms with Gasteiger partial charge < -0.3 is 20.5 Å². The number of nitrogens with one attached hydrogen (secondary N) is 3. The minimum atomic E-state index is 0.487. The van der Waals surface area contributed by atoms with E-state index in [1.165, 1.54) is 21.6 Å². The molecule has 0 aliphatic carbocycles. The molecule has 3 N–H and O–H groups in total. The smallest absolute Gasteiger partial charge is 0.191 e. The summed E-state index contributed by atoms with van der Waals surface area (Å²) in [6.45, 7) is 3.06. The molecule has 0 unspecified atom stereocenters. The maximum atomic E-state index is 4.40. The van der Waals surface area contributed by atoms with Crippen LogP contribution in [0, 0.1) is 0 Å². The standard InChI is InChI=1S/C21H27N5S/c1-22-21(23-11-8-18-15-16-5-2-3-6-19(16)24-18)25-17-9-12-26(13-10-17)20-7-4-14-27-20/h2-7,14-15,17,24H,8-13H2,1H3,(H2,22,23,25). The van der Waals surface area contributed by atoms with Gasteiger partial charge in [0.15, 0.2) is 5.96 Å². The van der Waals surface area contributed by atoms with E-state index in [9.17, 15) is 0 Å². The van der Waals surface area contributed by atoms with Crippen molar-refractivity contribution < 1.29 is 0 Å². The van der Waals surface area contributed by atoms with Gasteiger partial charge in [0.1, 0.15) is 0 Å². The van der Waals surface area contributed by atoms with E-state index in [0.29, 0.717) is 6.04 Å². The van der Waals surface area contributed by atoms with Crippen LogP contribution in [0.5, 0.6) is 0 Å². The molecule has 1 saturated heterocycles. The molecule has 0 spiro atoms. The predicted octanol–water partition coefficient (Wildman–Crippen LogP) is 3.61. The Balaban J connectivity index is 1.23.